The van der Waals surface area contributed by atoms with E-state index in [9.17, 15) is 9.18 Å². The molecule has 27 heavy (non-hydrogen) atoms. The molecule has 144 valence electrons. The zero-order valence-electron chi connectivity index (χ0n) is 14.9. The van der Waals surface area contributed by atoms with Gasteiger partial charge in [-0.3, -0.25) is 9.69 Å². The maximum absolute atomic E-state index is 13.3. The second kappa shape index (κ2) is 9.82. The molecule has 0 bridgehead atoms. The van der Waals surface area contributed by atoms with Gasteiger partial charge < -0.3 is 14.8 Å². The SMILES string of the molecule is O=C(COc1cccc(Br)c1)NCC(c1ccc(F)cc1)N1CCOCC1. The minimum Gasteiger partial charge on any atom is -0.484 e. The molecule has 3 rings (SSSR count). The Hall–Kier alpha value is -1.96. The molecule has 1 saturated heterocycles. The van der Waals surface area contributed by atoms with Crippen LogP contribution in [0, 0.1) is 5.82 Å². The monoisotopic (exact) mass is 436 g/mol. The van der Waals surface area contributed by atoms with E-state index in [0.29, 0.717) is 25.5 Å². The molecule has 1 heterocycles. The highest BCUT2D eigenvalue weighted by atomic mass is 79.9. The summed E-state index contributed by atoms with van der Waals surface area (Å²) in [7, 11) is 0. The second-order valence-electron chi connectivity index (χ2n) is 6.27. The lowest BCUT2D eigenvalue weighted by Gasteiger charge is -2.35. The zero-order chi connectivity index (χ0) is 19.1. The maximum atomic E-state index is 13.3. The van der Waals surface area contributed by atoms with Gasteiger partial charge in [0, 0.05) is 24.1 Å². The number of rotatable bonds is 7. The van der Waals surface area contributed by atoms with Crippen LogP contribution >= 0.6 is 15.9 Å². The quantitative estimate of drug-likeness (QED) is 0.723. The van der Waals surface area contributed by atoms with E-state index in [-0.39, 0.29) is 24.4 Å². The molecule has 1 aliphatic rings. The van der Waals surface area contributed by atoms with Crippen molar-refractivity contribution in [3.8, 4) is 5.75 Å². The minimum atomic E-state index is -0.272. The third-order valence-corrected chi connectivity index (χ3v) is 4.89. The fraction of sp³-hybridized carbons (Fsp3) is 0.350. The standard InChI is InChI=1S/C20H22BrFN2O3/c21-16-2-1-3-18(12-16)27-14-20(25)23-13-19(24-8-10-26-11-9-24)15-4-6-17(22)7-5-15/h1-7,12,19H,8-11,13-14H2,(H,23,25). The van der Waals surface area contributed by atoms with E-state index in [1.54, 1.807) is 18.2 Å². The van der Waals surface area contributed by atoms with Crippen LogP contribution < -0.4 is 10.1 Å². The molecule has 7 heteroatoms. The molecule has 2 aromatic rings. The van der Waals surface area contributed by atoms with Crippen LogP contribution in [0.5, 0.6) is 5.75 Å². The molecule has 1 fully saturated rings. The van der Waals surface area contributed by atoms with Gasteiger partial charge in [0.1, 0.15) is 11.6 Å². The summed E-state index contributed by atoms with van der Waals surface area (Å²) in [6.45, 7) is 3.20. The Kier molecular flexibility index (Phi) is 7.20. The Balaban J connectivity index is 1.58. The topological polar surface area (TPSA) is 50.8 Å². The van der Waals surface area contributed by atoms with Gasteiger partial charge in [-0.25, -0.2) is 4.39 Å². The van der Waals surface area contributed by atoms with E-state index in [1.165, 1.54) is 12.1 Å². The second-order valence-corrected chi connectivity index (χ2v) is 7.18. The lowest BCUT2D eigenvalue weighted by molar-refractivity contribution is -0.123. The number of halogens is 2. The van der Waals surface area contributed by atoms with Crippen LogP contribution in [0.25, 0.3) is 0 Å². The van der Waals surface area contributed by atoms with E-state index < -0.39 is 0 Å². The smallest absolute Gasteiger partial charge is 0.258 e. The number of nitrogens with zero attached hydrogens (tertiary/aromatic N) is 1. The molecule has 1 unspecified atom stereocenters. The molecule has 0 aromatic heterocycles. The van der Waals surface area contributed by atoms with E-state index in [2.05, 4.69) is 26.1 Å². The van der Waals surface area contributed by atoms with Gasteiger partial charge in [-0.15, -0.1) is 0 Å². The Morgan fingerprint density at radius 1 is 1.22 bits per heavy atom. The number of carbonyl (C=O) groups is 1. The molecule has 2 aromatic carbocycles. The van der Waals surface area contributed by atoms with Crippen molar-refractivity contribution in [2.75, 3.05) is 39.5 Å². The van der Waals surface area contributed by atoms with Gasteiger partial charge in [0.2, 0.25) is 0 Å². The Bertz CT molecular complexity index is 751. The van der Waals surface area contributed by atoms with E-state index >= 15 is 0 Å². The minimum absolute atomic E-state index is 0.0377. The molecule has 0 saturated carbocycles. The van der Waals surface area contributed by atoms with Gasteiger partial charge in [-0.1, -0.05) is 34.1 Å². The maximum Gasteiger partial charge on any atom is 0.258 e. The predicted molar refractivity (Wildman–Crippen MR) is 104 cm³/mol. The van der Waals surface area contributed by atoms with Crippen molar-refractivity contribution in [1.82, 2.24) is 10.2 Å². The van der Waals surface area contributed by atoms with Gasteiger partial charge >= 0.3 is 0 Å². The third-order valence-electron chi connectivity index (χ3n) is 4.40. The lowest BCUT2D eigenvalue weighted by Crippen LogP contribution is -2.44. The van der Waals surface area contributed by atoms with E-state index in [4.69, 9.17) is 9.47 Å². The first-order valence-electron chi connectivity index (χ1n) is 8.84. The molecule has 1 aliphatic heterocycles. The molecule has 1 amide bonds. The molecular formula is C20H22BrFN2O3. The summed E-state index contributed by atoms with van der Waals surface area (Å²) in [5.74, 6) is 0.157. The highest BCUT2D eigenvalue weighted by molar-refractivity contribution is 9.10. The van der Waals surface area contributed by atoms with Gasteiger partial charge in [-0.2, -0.15) is 0 Å². The highest BCUT2D eigenvalue weighted by Gasteiger charge is 2.23. The summed E-state index contributed by atoms with van der Waals surface area (Å²) < 4.78 is 25.1. The van der Waals surface area contributed by atoms with Crippen LogP contribution in [0.4, 0.5) is 4.39 Å². The van der Waals surface area contributed by atoms with Crippen molar-refractivity contribution in [2.24, 2.45) is 0 Å². The van der Waals surface area contributed by atoms with E-state index in [0.717, 1.165) is 23.1 Å². The Morgan fingerprint density at radius 2 is 1.96 bits per heavy atom. The molecule has 0 radical (unpaired) electrons. The average Bonchev–Trinajstić information content (AvgIpc) is 2.69. The fourth-order valence-electron chi connectivity index (χ4n) is 3.00. The predicted octanol–water partition coefficient (Wildman–Crippen LogP) is 3.16. The van der Waals surface area contributed by atoms with Gasteiger partial charge in [-0.05, 0) is 35.9 Å². The van der Waals surface area contributed by atoms with Crippen molar-refractivity contribution in [3.63, 3.8) is 0 Å². The first-order chi connectivity index (χ1) is 13.1. The van der Waals surface area contributed by atoms with Crippen LogP contribution in [-0.2, 0) is 9.53 Å². The molecule has 0 aliphatic carbocycles. The van der Waals surface area contributed by atoms with Crippen molar-refractivity contribution >= 4 is 21.8 Å². The lowest BCUT2D eigenvalue weighted by atomic mass is 10.0. The van der Waals surface area contributed by atoms with Crippen LogP contribution in [-0.4, -0.2) is 50.3 Å². The number of morpholine rings is 1. The average molecular weight is 437 g/mol. The van der Waals surface area contributed by atoms with Crippen LogP contribution in [0.15, 0.2) is 53.0 Å². The van der Waals surface area contributed by atoms with Crippen LogP contribution in [0.2, 0.25) is 0 Å². The summed E-state index contributed by atoms with van der Waals surface area (Å²) in [6.07, 6.45) is 0. The Labute approximate surface area is 166 Å². The summed E-state index contributed by atoms with van der Waals surface area (Å²) in [5, 5.41) is 2.93. The van der Waals surface area contributed by atoms with Gasteiger partial charge in [0.05, 0.1) is 19.3 Å². The van der Waals surface area contributed by atoms with E-state index in [1.807, 2.05) is 18.2 Å². The highest BCUT2D eigenvalue weighted by Crippen LogP contribution is 2.22. The number of amides is 1. The molecule has 0 spiro atoms. The number of ether oxygens (including phenoxy) is 2. The molecule has 5 nitrogen and oxygen atoms in total. The summed E-state index contributed by atoms with van der Waals surface area (Å²) >= 11 is 3.37. The number of hydrogen-bond acceptors (Lipinski definition) is 4. The first kappa shape index (κ1) is 19.8. The summed E-state index contributed by atoms with van der Waals surface area (Å²) in [4.78, 5) is 14.5. The van der Waals surface area contributed by atoms with Crippen LogP contribution in [0.3, 0.4) is 0 Å². The number of hydrogen-bond donors (Lipinski definition) is 1. The van der Waals surface area contributed by atoms with Crippen molar-refractivity contribution in [2.45, 2.75) is 6.04 Å². The zero-order valence-corrected chi connectivity index (χ0v) is 16.5. The molecule has 1 N–H and O–H groups in total. The summed E-state index contributed by atoms with van der Waals surface area (Å²) in [5.41, 5.74) is 0.964. The largest absolute Gasteiger partial charge is 0.484 e. The van der Waals surface area contributed by atoms with Crippen molar-refractivity contribution < 1.29 is 18.7 Å². The normalized spacial score (nSPS) is 15.9. The summed E-state index contributed by atoms with van der Waals surface area (Å²) in [6, 6.07) is 13.7. The fourth-order valence-corrected chi connectivity index (χ4v) is 3.38. The van der Waals surface area contributed by atoms with Crippen molar-refractivity contribution in [1.29, 1.82) is 0 Å². The molecular weight excluding hydrogens is 415 g/mol. The number of benzene rings is 2. The molecule has 1 atom stereocenters. The van der Waals surface area contributed by atoms with Gasteiger partial charge in [0.15, 0.2) is 6.61 Å². The van der Waals surface area contributed by atoms with Gasteiger partial charge in [0.25, 0.3) is 5.91 Å². The first-order valence-corrected chi connectivity index (χ1v) is 9.63. The number of carbonyl (C=O) groups excluding carboxylic acids is 1. The number of nitrogens with one attached hydrogen (secondary N) is 1. The van der Waals surface area contributed by atoms with Crippen LogP contribution in [0.1, 0.15) is 11.6 Å². The Morgan fingerprint density at radius 3 is 2.67 bits per heavy atom. The van der Waals surface area contributed by atoms with Crippen molar-refractivity contribution in [3.05, 3.63) is 64.4 Å². The third kappa shape index (κ3) is 6.02.